The third-order valence-electron chi connectivity index (χ3n) is 2.80. The summed E-state index contributed by atoms with van der Waals surface area (Å²) < 4.78 is 0. The Balaban J connectivity index is 2.19. The van der Waals surface area contributed by atoms with Crippen molar-refractivity contribution in [2.24, 2.45) is 5.84 Å². The lowest BCUT2D eigenvalue weighted by atomic mass is 10.1. The summed E-state index contributed by atoms with van der Waals surface area (Å²) in [5.41, 5.74) is 4.48. The molecular weight excluding hydrogens is 254 g/mol. The van der Waals surface area contributed by atoms with E-state index in [2.05, 4.69) is 27.6 Å². The van der Waals surface area contributed by atoms with E-state index in [0.717, 1.165) is 24.1 Å². The van der Waals surface area contributed by atoms with E-state index >= 15 is 0 Å². The van der Waals surface area contributed by atoms with Gasteiger partial charge in [0.1, 0.15) is 5.69 Å². The standard InChI is InChI=1S/C14H17N5O/c1-2-5-10-6-3-4-7-11(10)18-14(20)12-8-16-9-13(17-12)19-15/h3-4,6-9H,2,5,15H2,1H3,(H,17,19)(H,18,20). The molecule has 0 bridgehead atoms. The molecule has 0 radical (unpaired) electrons. The van der Waals surface area contributed by atoms with Crippen LogP contribution in [-0.2, 0) is 6.42 Å². The molecule has 0 fully saturated rings. The smallest absolute Gasteiger partial charge is 0.275 e. The average Bonchev–Trinajstić information content (AvgIpc) is 2.49. The number of carbonyl (C=O) groups excluding carboxylic acids is 1. The summed E-state index contributed by atoms with van der Waals surface area (Å²) in [7, 11) is 0. The summed E-state index contributed by atoms with van der Waals surface area (Å²) in [6.07, 6.45) is 4.77. The second kappa shape index (κ2) is 6.63. The minimum Gasteiger partial charge on any atom is -0.320 e. The second-order valence-electron chi connectivity index (χ2n) is 4.30. The molecule has 0 saturated carbocycles. The Morgan fingerprint density at radius 1 is 1.30 bits per heavy atom. The van der Waals surface area contributed by atoms with Crippen molar-refractivity contribution in [1.82, 2.24) is 9.97 Å². The van der Waals surface area contributed by atoms with Crippen molar-refractivity contribution in [3.05, 3.63) is 47.9 Å². The first kappa shape index (κ1) is 14.0. The fraction of sp³-hybridized carbons (Fsp3) is 0.214. The van der Waals surface area contributed by atoms with Gasteiger partial charge in [-0.3, -0.25) is 9.78 Å². The van der Waals surface area contributed by atoms with Crippen LogP contribution in [0.5, 0.6) is 0 Å². The number of hydrazine groups is 1. The van der Waals surface area contributed by atoms with Crippen molar-refractivity contribution in [2.45, 2.75) is 19.8 Å². The lowest BCUT2D eigenvalue weighted by molar-refractivity contribution is 0.102. The monoisotopic (exact) mass is 271 g/mol. The Morgan fingerprint density at radius 3 is 2.85 bits per heavy atom. The molecule has 104 valence electrons. The van der Waals surface area contributed by atoms with Gasteiger partial charge in [0.15, 0.2) is 5.82 Å². The van der Waals surface area contributed by atoms with Crippen LogP contribution in [0.25, 0.3) is 0 Å². The van der Waals surface area contributed by atoms with Gasteiger partial charge >= 0.3 is 0 Å². The molecule has 1 amide bonds. The molecule has 1 aromatic carbocycles. The van der Waals surface area contributed by atoms with Crippen LogP contribution in [0.15, 0.2) is 36.7 Å². The minimum atomic E-state index is -0.307. The maximum atomic E-state index is 12.2. The van der Waals surface area contributed by atoms with Crippen LogP contribution >= 0.6 is 0 Å². The molecule has 1 aromatic heterocycles. The Morgan fingerprint density at radius 2 is 2.10 bits per heavy atom. The molecule has 6 heteroatoms. The summed E-state index contributed by atoms with van der Waals surface area (Å²) in [6.45, 7) is 2.10. The number of nitrogens with one attached hydrogen (secondary N) is 2. The van der Waals surface area contributed by atoms with E-state index in [-0.39, 0.29) is 11.6 Å². The Labute approximate surface area is 117 Å². The van der Waals surface area contributed by atoms with Gasteiger partial charge < -0.3 is 10.7 Å². The Hall–Kier alpha value is -2.47. The molecule has 0 atom stereocenters. The number of rotatable bonds is 5. The second-order valence-corrected chi connectivity index (χ2v) is 4.30. The fourth-order valence-corrected chi connectivity index (χ4v) is 1.86. The van der Waals surface area contributed by atoms with Crippen molar-refractivity contribution in [3.63, 3.8) is 0 Å². The van der Waals surface area contributed by atoms with E-state index in [4.69, 9.17) is 5.84 Å². The summed E-state index contributed by atoms with van der Waals surface area (Å²) in [6, 6.07) is 7.72. The molecule has 0 aliphatic carbocycles. The number of aromatic nitrogens is 2. The predicted molar refractivity (Wildman–Crippen MR) is 78.2 cm³/mol. The molecule has 0 aliphatic heterocycles. The van der Waals surface area contributed by atoms with E-state index < -0.39 is 0 Å². The van der Waals surface area contributed by atoms with Gasteiger partial charge in [0.25, 0.3) is 5.91 Å². The van der Waals surface area contributed by atoms with Crippen molar-refractivity contribution in [1.29, 1.82) is 0 Å². The molecule has 0 spiro atoms. The summed E-state index contributed by atoms with van der Waals surface area (Å²) in [5, 5.41) is 2.85. The van der Waals surface area contributed by atoms with Gasteiger partial charge in [0, 0.05) is 5.69 Å². The van der Waals surface area contributed by atoms with Crippen LogP contribution in [0.4, 0.5) is 11.5 Å². The third-order valence-corrected chi connectivity index (χ3v) is 2.80. The minimum absolute atomic E-state index is 0.215. The van der Waals surface area contributed by atoms with Gasteiger partial charge in [-0.1, -0.05) is 31.5 Å². The Kier molecular flexibility index (Phi) is 4.62. The molecule has 2 aromatic rings. The zero-order valence-corrected chi connectivity index (χ0v) is 11.3. The summed E-state index contributed by atoms with van der Waals surface area (Å²) in [4.78, 5) is 20.1. The SMILES string of the molecule is CCCc1ccccc1NC(=O)c1cncc(NN)n1. The molecule has 2 rings (SSSR count). The average molecular weight is 271 g/mol. The zero-order chi connectivity index (χ0) is 14.4. The molecule has 6 nitrogen and oxygen atoms in total. The van der Waals surface area contributed by atoms with Crippen LogP contribution in [0, 0.1) is 0 Å². The van der Waals surface area contributed by atoms with E-state index in [0.29, 0.717) is 5.82 Å². The van der Waals surface area contributed by atoms with Crippen LogP contribution in [0.1, 0.15) is 29.4 Å². The van der Waals surface area contributed by atoms with Crippen molar-refractivity contribution in [3.8, 4) is 0 Å². The van der Waals surface area contributed by atoms with Crippen LogP contribution in [-0.4, -0.2) is 15.9 Å². The van der Waals surface area contributed by atoms with E-state index in [9.17, 15) is 4.79 Å². The first-order valence-electron chi connectivity index (χ1n) is 6.42. The first-order valence-corrected chi connectivity index (χ1v) is 6.42. The molecule has 0 unspecified atom stereocenters. The normalized spacial score (nSPS) is 10.1. The maximum Gasteiger partial charge on any atom is 0.275 e. The number of hydrogen-bond donors (Lipinski definition) is 3. The number of hydrogen-bond acceptors (Lipinski definition) is 5. The molecule has 20 heavy (non-hydrogen) atoms. The molecule has 0 aliphatic rings. The highest BCUT2D eigenvalue weighted by Gasteiger charge is 2.11. The van der Waals surface area contributed by atoms with Crippen LogP contribution in [0.2, 0.25) is 0 Å². The predicted octanol–water partition coefficient (Wildman–Crippen LogP) is 1.97. The molecule has 1 heterocycles. The number of aryl methyl sites for hydroxylation is 1. The van der Waals surface area contributed by atoms with E-state index in [1.165, 1.54) is 12.4 Å². The number of benzene rings is 1. The third kappa shape index (κ3) is 3.30. The lowest BCUT2D eigenvalue weighted by Gasteiger charge is -2.10. The van der Waals surface area contributed by atoms with Gasteiger partial charge in [0.2, 0.25) is 0 Å². The van der Waals surface area contributed by atoms with Gasteiger partial charge in [-0.15, -0.1) is 0 Å². The van der Waals surface area contributed by atoms with E-state index in [1.807, 2.05) is 24.3 Å². The van der Waals surface area contributed by atoms with Crippen molar-refractivity contribution in [2.75, 3.05) is 10.7 Å². The number of nitrogens with zero attached hydrogens (tertiary/aromatic N) is 2. The number of nitrogen functional groups attached to an aromatic ring is 1. The van der Waals surface area contributed by atoms with Gasteiger partial charge in [-0.2, -0.15) is 0 Å². The number of amides is 1. The van der Waals surface area contributed by atoms with Gasteiger partial charge in [-0.25, -0.2) is 10.8 Å². The van der Waals surface area contributed by atoms with Gasteiger partial charge in [0.05, 0.1) is 12.4 Å². The van der Waals surface area contributed by atoms with Gasteiger partial charge in [-0.05, 0) is 18.1 Å². The number of carbonyl (C=O) groups is 1. The highest BCUT2D eigenvalue weighted by molar-refractivity contribution is 6.03. The number of anilines is 2. The maximum absolute atomic E-state index is 12.2. The zero-order valence-electron chi connectivity index (χ0n) is 11.3. The number of para-hydroxylation sites is 1. The fourth-order valence-electron chi connectivity index (χ4n) is 1.86. The lowest BCUT2D eigenvalue weighted by Crippen LogP contribution is -2.17. The summed E-state index contributed by atoms with van der Waals surface area (Å²) in [5.74, 6) is 5.29. The topological polar surface area (TPSA) is 92.9 Å². The highest BCUT2D eigenvalue weighted by Crippen LogP contribution is 2.17. The molecule has 4 N–H and O–H groups in total. The quantitative estimate of drug-likeness (QED) is 0.571. The summed E-state index contributed by atoms with van der Waals surface area (Å²) >= 11 is 0. The highest BCUT2D eigenvalue weighted by atomic mass is 16.1. The van der Waals surface area contributed by atoms with Crippen molar-refractivity contribution >= 4 is 17.4 Å². The van der Waals surface area contributed by atoms with Crippen LogP contribution in [0.3, 0.4) is 0 Å². The Bertz CT molecular complexity index is 600. The largest absolute Gasteiger partial charge is 0.320 e. The number of nitrogens with two attached hydrogens (primary N) is 1. The van der Waals surface area contributed by atoms with Crippen LogP contribution < -0.4 is 16.6 Å². The molecular formula is C14H17N5O. The first-order chi connectivity index (χ1) is 9.74. The molecule has 0 saturated heterocycles. The van der Waals surface area contributed by atoms with Crippen molar-refractivity contribution < 1.29 is 4.79 Å². The van der Waals surface area contributed by atoms with E-state index in [1.54, 1.807) is 0 Å².